The zero-order valence-corrected chi connectivity index (χ0v) is 82.4. The van der Waals surface area contributed by atoms with E-state index in [0.29, 0.717) is 114 Å². The van der Waals surface area contributed by atoms with Crippen molar-refractivity contribution in [1.82, 2.24) is 50.4 Å². The van der Waals surface area contributed by atoms with Crippen LogP contribution in [0, 0.1) is 13.8 Å². The van der Waals surface area contributed by atoms with Crippen LogP contribution in [0.1, 0.15) is 238 Å². The molecule has 38 heteroatoms. The maximum Gasteiger partial charge on any atom is 0.339 e. The van der Waals surface area contributed by atoms with Gasteiger partial charge in [-0.1, -0.05) is 93.6 Å². The number of carbonyl (C=O) groups is 9. The predicted molar refractivity (Wildman–Crippen MR) is 516 cm³/mol. The monoisotopic (exact) mass is 2010 g/mol. The predicted octanol–water partition coefficient (Wildman–Crippen LogP) is 16.6. The Bertz CT molecular complexity index is 5310. The lowest BCUT2D eigenvalue weighted by Crippen LogP contribution is -2.32. The Labute approximate surface area is 803 Å². The third-order valence-corrected chi connectivity index (χ3v) is 18.4. The van der Waals surface area contributed by atoms with Crippen molar-refractivity contribution in [3.8, 4) is 35.3 Å². The number of esters is 4. The second kappa shape index (κ2) is 63.5. The molecule has 722 valence electrons. The number of H-pyrrole nitrogens is 1. The second-order valence-electron chi connectivity index (χ2n) is 28.7. The van der Waals surface area contributed by atoms with Crippen molar-refractivity contribution in [2.24, 2.45) is 11.7 Å². The molecule has 4 amide bonds. The van der Waals surface area contributed by atoms with Crippen LogP contribution in [0.4, 0.5) is 0 Å². The SMILES string of the molecule is C.C/C=C/c1cnc(OC(C)C)cc1C(=O)OC.C=CN1C(=O)c2ccccc2C1=O.CC(=O)O.CC(C)Oc1cc2c(cn1)CCNC2=O.CC(C)Oc1ncc2c(c1Cl)C(=O)NCC2.CCCc1cnc(OC(C)C)cc1C(=O)OC.CCO.COC(=O)c1cc(=O)[nH]cc1Br.COC(=O)c1cc(OC(C)C)ncc1Br.Cc1cc(C)c(CCl)c(OCc2ccccc2)n1.NN. The van der Waals surface area contributed by atoms with Crippen molar-refractivity contribution in [2.75, 3.05) is 48.1 Å². The molecule has 7 aromatic heterocycles. The highest BCUT2D eigenvalue weighted by Crippen LogP contribution is 2.32. The van der Waals surface area contributed by atoms with Crippen molar-refractivity contribution >= 4 is 115 Å². The number of nitrogens with zero attached hydrogens (tertiary/aromatic N) is 7. The summed E-state index contributed by atoms with van der Waals surface area (Å²) in [6.45, 7) is 35.2. The Hall–Kier alpha value is -12.6. The number of amides is 4. The number of aliphatic hydroxyl groups excluding tert-OH is 1. The first-order valence-corrected chi connectivity index (χ1v) is 43.7. The van der Waals surface area contributed by atoms with Gasteiger partial charge < -0.3 is 73.2 Å². The number of aliphatic hydroxyl groups is 1. The lowest BCUT2D eigenvalue weighted by atomic mass is 10.0. The summed E-state index contributed by atoms with van der Waals surface area (Å²) < 4.78 is 52.6. The molecule has 0 saturated heterocycles. The maximum absolute atomic E-state index is 11.7. The minimum atomic E-state index is -0.833. The fourth-order valence-electron chi connectivity index (χ4n) is 11.0. The number of hydrazine groups is 1. The van der Waals surface area contributed by atoms with E-state index < -0.39 is 23.9 Å². The summed E-state index contributed by atoms with van der Waals surface area (Å²) in [4.78, 5) is 140. The van der Waals surface area contributed by atoms with Crippen LogP contribution in [0.25, 0.3) is 6.08 Å². The summed E-state index contributed by atoms with van der Waals surface area (Å²) in [6.07, 6.45) is 18.0. The van der Waals surface area contributed by atoms with Crippen molar-refractivity contribution < 1.29 is 101 Å². The molecular weight excluding hydrogens is 1890 g/mol. The number of carboxylic acid groups (broad SMARTS) is 1. The molecule has 133 heavy (non-hydrogen) atoms. The number of alkyl halides is 1. The molecule has 10 heterocycles. The van der Waals surface area contributed by atoms with Crippen LogP contribution in [-0.2, 0) is 55.5 Å². The van der Waals surface area contributed by atoms with Gasteiger partial charge in [-0.3, -0.25) is 40.5 Å². The number of fused-ring (bicyclic) bond motifs is 3. The first-order chi connectivity index (χ1) is 62.7. The molecular formula is C95H122Br2Cl2N12O22. The van der Waals surface area contributed by atoms with Gasteiger partial charge in [0.15, 0.2) is 0 Å². The maximum atomic E-state index is 11.7. The zero-order valence-electron chi connectivity index (χ0n) is 77.7. The van der Waals surface area contributed by atoms with Crippen LogP contribution in [0.15, 0.2) is 161 Å². The van der Waals surface area contributed by atoms with Gasteiger partial charge in [0.05, 0.1) is 108 Å². The van der Waals surface area contributed by atoms with Crippen LogP contribution in [0.5, 0.6) is 35.3 Å². The normalized spacial score (nSPS) is 11.4. The number of carboxylic acids is 1. The average Bonchev–Trinajstić information content (AvgIpc) is 1.72. The third-order valence-electron chi connectivity index (χ3n) is 16.5. The number of halogens is 4. The highest BCUT2D eigenvalue weighted by Gasteiger charge is 2.33. The molecule has 3 aliphatic heterocycles. The zero-order chi connectivity index (χ0) is 99.4. The number of benzene rings is 2. The Morgan fingerprint density at radius 2 is 1.02 bits per heavy atom. The van der Waals surface area contributed by atoms with E-state index in [4.69, 9.17) is 76.1 Å². The van der Waals surface area contributed by atoms with Gasteiger partial charge in [0, 0.05) is 127 Å². The number of rotatable bonds is 22. The van der Waals surface area contributed by atoms with Crippen LogP contribution in [0.2, 0.25) is 5.02 Å². The number of aromatic nitrogens is 7. The lowest BCUT2D eigenvalue weighted by Gasteiger charge is -2.19. The van der Waals surface area contributed by atoms with Gasteiger partial charge in [-0.05, 0) is 194 Å². The minimum absolute atomic E-state index is 0. The molecule has 9 aromatic rings. The van der Waals surface area contributed by atoms with Gasteiger partial charge in [0.1, 0.15) is 11.6 Å². The number of hydrogen-bond donors (Lipinski definition) is 7. The second-order valence-corrected chi connectivity index (χ2v) is 31.0. The van der Waals surface area contributed by atoms with E-state index in [1.165, 1.54) is 53.1 Å². The summed E-state index contributed by atoms with van der Waals surface area (Å²) in [7, 11) is 5.32. The van der Waals surface area contributed by atoms with Crippen molar-refractivity contribution in [2.45, 2.75) is 187 Å². The number of imide groups is 1. The van der Waals surface area contributed by atoms with E-state index >= 15 is 0 Å². The minimum Gasteiger partial charge on any atom is -0.481 e. The van der Waals surface area contributed by atoms with E-state index in [1.807, 2.05) is 132 Å². The highest BCUT2D eigenvalue weighted by atomic mass is 79.9. The fraction of sp³-hybridized carbons (Fsp3) is 0.368. The Balaban J connectivity index is 0.000000750. The Morgan fingerprint density at radius 1 is 0.579 bits per heavy atom. The molecule has 0 unspecified atom stereocenters. The lowest BCUT2D eigenvalue weighted by molar-refractivity contribution is -0.134. The number of carbonyl (C=O) groups excluding carboxylic acids is 8. The van der Waals surface area contributed by atoms with Crippen molar-refractivity contribution in [3.05, 3.63) is 260 Å². The van der Waals surface area contributed by atoms with E-state index in [1.54, 1.807) is 86.3 Å². The number of hydrogen-bond acceptors (Lipinski definition) is 29. The number of nitrogens with one attached hydrogen (secondary N) is 3. The quantitative estimate of drug-likeness (QED) is 0.00827. The van der Waals surface area contributed by atoms with E-state index in [0.717, 1.165) is 82.1 Å². The molecule has 0 radical (unpaired) electrons. The van der Waals surface area contributed by atoms with E-state index in [-0.39, 0.29) is 85.3 Å². The summed E-state index contributed by atoms with van der Waals surface area (Å²) in [6, 6.07) is 26.5. The number of ether oxygens (including phenoxy) is 10. The van der Waals surface area contributed by atoms with Crippen LogP contribution < -0.4 is 56.3 Å². The number of aromatic amines is 1. The first-order valence-electron chi connectivity index (χ1n) is 41.2. The number of aliphatic carboxylic acids is 1. The van der Waals surface area contributed by atoms with Crippen LogP contribution in [0.3, 0.4) is 0 Å². The largest absolute Gasteiger partial charge is 0.481 e. The first kappa shape index (κ1) is 118. The number of methoxy groups -OCH3 is 4. The number of pyridine rings is 7. The molecule has 34 nitrogen and oxygen atoms in total. The van der Waals surface area contributed by atoms with Gasteiger partial charge in [0.2, 0.25) is 40.8 Å². The van der Waals surface area contributed by atoms with Gasteiger partial charge in [-0.2, -0.15) is 0 Å². The number of nitrogens with two attached hydrogens (primary N) is 2. The molecule has 0 bridgehead atoms. The molecule has 12 rings (SSSR count). The third kappa shape index (κ3) is 41.4. The van der Waals surface area contributed by atoms with Crippen LogP contribution >= 0.6 is 55.1 Å². The highest BCUT2D eigenvalue weighted by molar-refractivity contribution is 9.10. The molecule has 2 aromatic carbocycles. The van der Waals surface area contributed by atoms with Gasteiger partial charge in [-0.25, -0.2) is 54.0 Å². The average molecular weight is 2010 g/mol. The smallest absolute Gasteiger partial charge is 0.339 e. The van der Waals surface area contributed by atoms with E-state index in [9.17, 15) is 43.2 Å². The summed E-state index contributed by atoms with van der Waals surface area (Å²) in [5.74, 6) is 7.90. The van der Waals surface area contributed by atoms with Crippen molar-refractivity contribution in [1.29, 1.82) is 0 Å². The molecule has 9 N–H and O–H groups in total. The number of aryl methyl sites for hydroxylation is 3. The molecule has 0 atom stereocenters. The molecule has 0 fully saturated rings. The van der Waals surface area contributed by atoms with Gasteiger partial charge >= 0.3 is 23.9 Å². The van der Waals surface area contributed by atoms with Gasteiger partial charge in [0.25, 0.3) is 29.6 Å². The fourth-order valence-corrected chi connectivity index (χ4v) is 12.4. The Morgan fingerprint density at radius 3 is 1.50 bits per heavy atom. The van der Waals surface area contributed by atoms with Crippen LogP contribution in [-0.4, -0.2) is 182 Å². The van der Waals surface area contributed by atoms with E-state index in [2.05, 4.69) is 112 Å². The Kier molecular flexibility index (Phi) is 56.5. The summed E-state index contributed by atoms with van der Waals surface area (Å²) in [5.41, 5.74) is 11.0. The molecule has 0 aliphatic carbocycles. The van der Waals surface area contributed by atoms with Crippen molar-refractivity contribution in [3.63, 3.8) is 0 Å². The molecule has 3 aliphatic rings. The number of allylic oxidation sites excluding steroid dienone is 1. The standard InChI is InChI=1S/C15H16ClNO.C13H19NO3.C13H17NO3.C11H13ClN2O2.C11H14N2O2.C10H12BrNO3.C10H7NO2.C7H6BrNO3.C2H4O2.C2H6O.CH4.H4N2/c1-11-8-12(2)17-15(14(11)9-16)18-10-13-6-4-3-5-7-13;2*1-5-6-10-8-14-12(17-9(2)3)7-11(10)13(15)16-4;1-6(2)16-11-9(12)8-7(5-14-11)3-4-13-10(8)15;1-7(2)15-10-5-9-8(6-13-10)3-4-12-11(9)14;1-6(2)15-9-4-7(10(13)14-3)8(11)5-12-9;1-2-11-9(12)7-5-3-4-6-8(7)10(11)13;1-12-7(11)4-2-6(10)9-3-5(4)8;1-2(3)4;1-2-3;;1-2/h3-8H,9-10H2,1-2H3;7-9H,5-6H2,1-4H3;5-9H,1-4H3;5-6H,3-4H2,1-2H3,(H,13,15);5-7H,3-4H2,1-2H3,(H,12,14);4-6H,1-3H3;2-6H,1H2;2-3H,1H3,(H,9,10);1H3,(H,3,4);3H,2H2,1H3;1H4;1-2H2/b;;6-5+;;;;;;;;;. The summed E-state index contributed by atoms with van der Waals surface area (Å²) in [5, 5.41) is 20.8. The topological polar surface area (TPSA) is 476 Å². The molecule has 0 spiro atoms. The molecule has 0 saturated carbocycles. The summed E-state index contributed by atoms with van der Waals surface area (Å²) >= 11 is 18.4. The van der Waals surface area contributed by atoms with Gasteiger partial charge in [-0.15, -0.1) is 11.6 Å².